The summed E-state index contributed by atoms with van der Waals surface area (Å²) < 4.78 is 0. The monoisotopic (exact) mass is 774 g/mol. The van der Waals surface area contributed by atoms with Crippen molar-refractivity contribution in [3.05, 3.63) is 24.3 Å². The maximum Gasteiger partial charge on any atom is 0.239 e. The Labute approximate surface area is 340 Å². The van der Waals surface area contributed by atoms with E-state index in [0.717, 1.165) is 38.5 Å². The Morgan fingerprint density at radius 1 is 0.491 bits per heavy atom. The summed E-state index contributed by atoms with van der Waals surface area (Å²) in [4.78, 5) is 39.5. The van der Waals surface area contributed by atoms with E-state index in [0.29, 0.717) is 58.4 Å². The van der Waals surface area contributed by atoms with Crippen LogP contribution in [-0.2, 0) is 14.4 Å². The predicted octanol–water partition coefficient (Wildman–Crippen LogP) is 11.0. The highest BCUT2D eigenvalue weighted by molar-refractivity contribution is 5.81. The zero-order valence-electron chi connectivity index (χ0n) is 36.4. The van der Waals surface area contributed by atoms with Gasteiger partial charge in [-0.25, -0.2) is 0 Å². The molecule has 0 unspecified atom stereocenters. The van der Waals surface area contributed by atoms with Gasteiger partial charge in [-0.05, 0) is 96.4 Å². The third-order valence-electron chi connectivity index (χ3n) is 10.5. The van der Waals surface area contributed by atoms with Crippen LogP contribution < -0.4 is 22.1 Å². The van der Waals surface area contributed by atoms with E-state index in [9.17, 15) is 14.4 Å². The SMILES string of the molecule is CCCCCCCCC=CCCCCCCCC(=O)NCCCCN(CCCNC(=O)CCCCCCCC=CCCCCCCCC)C(=O)[C@@H](N)CCN. The first-order valence-electron chi connectivity index (χ1n) is 23.5. The molecule has 0 radical (unpaired) electrons. The zero-order chi connectivity index (χ0) is 40.3. The molecule has 0 saturated carbocycles. The van der Waals surface area contributed by atoms with Gasteiger partial charge in [0.2, 0.25) is 17.7 Å². The molecule has 0 heterocycles. The van der Waals surface area contributed by atoms with Gasteiger partial charge in [0.25, 0.3) is 0 Å². The fraction of sp³-hybridized carbons (Fsp3) is 0.851. The van der Waals surface area contributed by atoms with E-state index in [4.69, 9.17) is 11.5 Å². The Bertz CT molecular complexity index is 924. The molecule has 0 aliphatic heterocycles. The highest BCUT2D eigenvalue weighted by atomic mass is 16.2. The van der Waals surface area contributed by atoms with Crippen LogP contribution in [0.5, 0.6) is 0 Å². The molecule has 322 valence electrons. The summed E-state index contributed by atoms with van der Waals surface area (Å²) in [5.74, 6) is 0.124. The van der Waals surface area contributed by atoms with Crippen molar-refractivity contribution in [3.8, 4) is 0 Å². The molecule has 1 atom stereocenters. The van der Waals surface area contributed by atoms with Gasteiger partial charge in [-0.15, -0.1) is 0 Å². The Morgan fingerprint density at radius 3 is 1.27 bits per heavy atom. The molecular formula is C47H91N5O3. The van der Waals surface area contributed by atoms with Gasteiger partial charge in [0.05, 0.1) is 6.04 Å². The molecule has 55 heavy (non-hydrogen) atoms. The van der Waals surface area contributed by atoms with E-state index in [-0.39, 0.29) is 17.7 Å². The summed E-state index contributed by atoms with van der Waals surface area (Å²) in [6, 6.07) is -0.605. The summed E-state index contributed by atoms with van der Waals surface area (Å²) in [5, 5.41) is 6.08. The number of carbonyl (C=O) groups excluding carboxylic acids is 3. The second-order valence-electron chi connectivity index (χ2n) is 15.9. The number of nitrogens with zero attached hydrogens (tertiary/aromatic N) is 1. The molecule has 0 bridgehead atoms. The Balaban J connectivity index is 3.95. The molecule has 8 nitrogen and oxygen atoms in total. The van der Waals surface area contributed by atoms with Crippen LogP contribution in [-0.4, -0.2) is 61.4 Å². The molecule has 0 aromatic rings. The summed E-state index contributed by atoms with van der Waals surface area (Å²) in [5.41, 5.74) is 11.8. The molecular weight excluding hydrogens is 683 g/mol. The van der Waals surface area contributed by atoms with Gasteiger partial charge in [-0.1, -0.05) is 141 Å². The number of allylic oxidation sites excluding steroid dienone is 4. The Kier molecular flexibility index (Phi) is 41.2. The van der Waals surface area contributed by atoms with Crippen molar-refractivity contribution in [2.75, 3.05) is 32.7 Å². The fourth-order valence-corrected chi connectivity index (χ4v) is 6.91. The number of nitrogens with one attached hydrogen (secondary N) is 2. The van der Waals surface area contributed by atoms with Gasteiger partial charge in [-0.3, -0.25) is 14.4 Å². The van der Waals surface area contributed by atoms with E-state index < -0.39 is 6.04 Å². The van der Waals surface area contributed by atoms with E-state index in [1.807, 2.05) is 4.90 Å². The van der Waals surface area contributed by atoms with Gasteiger partial charge in [0.15, 0.2) is 0 Å². The summed E-state index contributed by atoms with van der Waals surface area (Å²) in [7, 11) is 0. The van der Waals surface area contributed by atoms with Gasteiger partial charge in [0, 0.05) is 39.0 Å². The lowest BCUT2D eigenvalue weighted by Crippen LogP contribution is -2.46. The van der Waals surface area contributed by atoms with Crippen molar-refractivity contribution >= 4 is 17.7 Å². The minimum atomic E-state index is -0.605. The first-order valence-corrected chi connectivity index (χ1v) is 23.5. The maximum absolute atomic E-state index is 13.0. The van der Waals surface area contributed by atoms with E-state index in [1.54, 1.807) is 0 Å². The minimum absolute atomic E-state index is 0.0849. The van der Waals surface area contributed by atoms with Crippen LogP contribution in [0.15, 0.2) is 24.3 Å². The second-order valence-corrected chi connectivity index (χ2v) is 15.9. The zero-order valence-corrected chi connectivity index (χ0v) is 36.4. The third kappa shape index (κ3) is 38.5. The molecule has 0 aromatic heterocycles. The van der Waals surface area contributed by atoms with Crippen LogP contribution in [0.25, 0.3) is 0 Å². The van der Waals surface area contributed by atoms with Crippen molar-refractivity contribution in [2.24, 2.45) is 11.5 Å². The molecule has 0 aromatic carbocycles. The average molecular weight is 774 g/mol. The van der Waals surface area contributed by atoms with Crippen LogP contribution in [0.2, 0.25) is 0 Å². The van der Waals surface area contributed by atoms with Gasteiger partial charge in [0.1, 0.15) is 0 Å². The number of nitrogens with two attached hydrogens (primary N) is 2. The number of carbonyl (C=O) groups is 3. The molecule has 8 heteroatoms. The van der Waals surface area contributed by atoms with Crippen LogP contribution in [0.1, 0.15) is 219 Å². The molecule has 3 amide bonds. The van der Waals surface area contributed by atoms with Gasteiger partial charge in [-0.2, -0.15) is 0 Å². The van der Waals surface area contributed by atoms with Crippen molar-refractivity contribution < 1.29 is 14.4 Å². The quantitative estimate of drug-likeness (QED) is 0.0362. The molecule has 0 saturated heterocycles. The number of amides is 3. The lowest BCUT2D eigenvalue weighted by Gasteiger charge is -2.26. The van der Waals surface area contributed by atoms with Crippen LogP contribution in [0.4, 0.5) is 0 Å². The molecule has 0 fully saturated rings. The smallest absolute Gasteiger partial charge is 0.239 e. The van der Waals surface area contributed by atoms with E-state index >= 15 is 0 Å². The first kappa shape index (κ1) is 52.8. The van der Waals surface area contributed by atoms with E-state index in [2.05, 4.69) is 48.8 Å². The van der Waals surface area contributed by atoms with Crippen LogP contribution in [0.3, 0.4) is 0 Å². The lowest BCUT2D eigenvalue weighted by atomic mass is 10.1. The van der Waals surface area contributed by atoms with Gasteiger partial charge < -0.3 is 27.0 Å². The predicted molar refractivity (Wildman–Crippen MR) is 237 cm³/mol. The normalized spacial score (nSPS) is 12.1. The molecule has 0 aliphatic rings. The number of hydrogen-bond acceptors (Lipinski definition) is 5. The Morgan fingerprint density at radius 2 is 0.855 bits per heavy atom. The molecule has 0 aliphatic carbocycles. The first-order chi connectivity index (χ1) is 27.0. The van der Waals surface area contributed by atoms with Crippen molar-refractivity contribution in [1.82, 2.24) is 15.5 Å². The summed E-state index contributed by atoms with van der Waals surface area (Å²) in [6.07, 6.45) is 45.7. The lowest BCUT2D eigenvalue weighted by molar-refractivity contribution is -0.133. The van der Waals surface area contributed by atoms with Crippen LogP contribution >= 0.6 is 0 Å². The summed E-state index contributed by atoms with van der Waals surface area (Å²) >= 11 is 0. The molecule has 0 spiro atoms. The molecule has 0 rings (SSSR count). The number of unbranched alkanes of at least 4 members (excludes halogenated alkanes) is 23. The van der Waals surface area contributed by atoms with Crippen molar-refractivity contribution in [3.63, 3.8) is 0 Å². The topological polar surface area (TPSA) is 131 Å². The van der Waals surface area contributed by atoms with Crippen molar-refractivity contribution in [2.45, 2.75) is 225 Å². The van der Waals surface area contributed by atoms with Crippen LogP contribution in [0, 0.1) is 0 Å². The highest BCUT2D eigenvalue weighted by Gasteiger charge is 2.20. The summed E-state index contributed by atoms with van der Waals surface area (Å²) in [6.45, 7) is 7.20. The molecule has 6 N–H and O–H groups in total. The highest BCUT2D eigenvalue weighted by Crippen LogP contribution is 2.12. The standard InChI is InChI=1S/C47H91N5O3/c1-3-5-7-9-11-13-15-17-19-21-23-25-27-29-31-36-45(53)50-40-33-34-42-52(47(55)44(49)38-39-48)43-35-41-51-46(54)37-32-30-28-26-24-22-20-18-16-14-12-10-8-6-4-2/h17-20,44H,3-16,21-43,48-49H2,1-2H3,(H,50,53)(H,51,54)/t44-/m0/s1. The minimum Gasteiger partial charge on any atom is -0.356 e. The fourth-order valence-electron chi connectivity index (χ4n) is 6.91. The maximum atomic E-state index is 13.0. The van der Waals surface area contributed by atoms with Gasteiger partial charge >= 0.3 is 0 Å². The second kappa shape index (κ2) is 42.9. The number of hydrogen-bond donors (Lipinski definition) is 4. The average Bonchev–Trinajstić information content (AvgIpc) is 3.18. The number of rotatable bonds is 42. The van der Waals surface area contributed by atoms with E-state index in [1.165, 1.54) is 141 Å². The third-order valence-corrected chi connectivity index (χ3v) is 10.5. The Hall–Kier alpha value is -2.19. The largest absolute Gasteiger partial charge is 0.356 e. The van der Waals surface area contributed by atoms with Crippen molar-refractivity contribution in [1.29, 1.82) is 0 Å².